The van der Waals surface area contributed by atoms with Crippen molar-refractivity contribution in [2.24, 2.45) is 0 Å². The van der Waals surface area contributed by atoms with Crippen molar-refractivity contribution >= 4 is 28.5 Å². The van der Waals surface area contributed by atoms with E-state index < -0.39 is 0 Å². The van der Waals surface area contributed by atoms with Crippen molar-refractivity contribution < 1.29 is 0 Å². The standard InChI is InChI=1S/C12H12ClN3O/c13-8-3-4-9-10(7-8)15-12-14-5-1-2-6-16(12)11(9)17/h3-4,7H,1-2,5-6H2,(H,14,15). The van der Waals surface area contributed by atoms with Gasteiger partial charge < -0.3 is 5.32 Å². The number of hydrogen-bond donors (Lipinski definition) is 1. The second kappa shape index (κ2) is 4.04. The van der Waals surface area contributed by atoms with Crippen LogP contribution in [0.2, 0.25) is 5.02 Å². The predicted octanol–water partition coefficient (Wildman–Crippen LogP) is 2.26. The molecule has 88 valence electrons. The van der Waals surface area contributed by atoms with Crippen molar-refractivity contribution in [2.45, 2.75) is 19.4 Å². The fourth-order valence-electron chi connectivity index (χ4n) is 2.13. The van der Waals surface area contributed by atoms with Crippen LogP contribution in [0.5, 0.6) is 0 Å². The van der Waals surface area contributed by atoms with Crippen LogP contribution in [-0.4, -0.2) is 16.1 Å². The second-order valence-corrected chi connectivity index (χ2v) is 4.62. The lowest BCUT2D eigenvalue weighted by atomic mass is 10.2. The molecule has 0 aliphatic carbocycles. The number of halogens is 1. The molecule has 17 heavy (non-hydrogen) atoms. The molecular formula is C12H12ClN3O. The zero-order chi connectivity index (χ0) is 11.8. The van der Waals surface area contributed by atoms with Crippen LogP contribution >= 0.6 is 11.6 Å². The minimum absolute atomic E-state index is 0.0102. The van der Waals surface area contributed by atoms with Crippen molar-refractivity contribution in [3.63, 3.8) is 0 Å². The Morgan fingerprint density at radius 3 is 3.12 bits per heavy atom. The van der Waals surface area contributed by atoms with Gasteiger partial charge in [0, 0.05) is 18.1 Å². The van der Waals surface area contributed by atoms with E-state index in [9.17, 15) is 4.79 Å². The number of nitrogens with one attached hydrogen (secondary N) is 1. The van der Waals surface area contributed by atoms with Crippen molar-refractivity contribution in [1.29, 1.82) is 0 Å². The van der Waals surface area contributed by atoms with E-state index in [1.807, 2.05) is 0 Å². The summed E-state index contributed by atoms with van der Waals surface area (Å²) in [6.07, 6.45) is 2.06. The monoisotopic (exact) mass is 249 g/mol. The summed E-state index contributed by atoms with van der Waals surface area (Å²) in [4.78, 5) is 16.7. The number of hydrogen-bond acceptors (Lipinski definition) is 3. The van der Waals surface area contributed by atoms with Crippen LogP contribution in [0.4, 0.5) is 5.95 Å². The first-order valence-electron chi connectivity index (χ1n) is 5.70. The van der Waals surface area contributed by atoms with Crippen LogP contribution in [0, 0.1) is 0 Å². The highest BCUT2D eigenvalue weighted by molar-refractivity contribution is 6.31. The molecule has 4 nitrogen and oxygen atoms in total. The molecule has 0 saturated heterocycles. The van der Waals surface area contributed by atoms with Gasteiger partial charge in [-0.05, 0) is 31.0 Å². The third-order valence-electron chi connectivity index (χ3n) is 3.01. The van der Waals surface area contributed by atoms with Gasteiger partial charge in [0.1, 0.15) is 0 Å². The average molecular weight is 250 g/mol. The molecule has 1 N–H and O–H groups in total. The third kappa shape index (κ3) is 1.78. The number of aromatic nitrogens is 2. The maximum atomic E-state index is 12.3. The van der Waals surface area contributed by atoms with E-state index >= 15 is 0 Å². The van der Waals surface area contributed by atoms with Gasteiger partial charge in [0.15, 0.2) is 0 Å². The summed E-state index contributed by atoms with van der Waals surface area (Å²) in [6, 6.07) is 5.20. The molecule has 0 bridgehead atoms. The highest BCUT2D eigenvalue weighted by Gasteiger charge is 2.12. The first kappa shape index (κ1) is 10.6. The van der Waals surface area contributed by atoms with E-state index in [0.717, 1.165) is 25.9 Å². The number of benzene rings is 1. The quantitative estimate of drug-likeness (QED) is 0.779. The predicted molar refractivity (Wildman–Crippen MR) is 68.7 cm³/mol. The van der Waals surface area contributed by atoms with Gasteiger partial charge >= 0.3 is 0 Å². The normalized spacial score (nSPS) is 15.1. The molecule has 0 fully saturated rings. The van der Waals surface area contributed by atoms with E-state index in [0.29, 0.717) is 21.9 Å². The van der Waals surface area contributed by atoms with Crippen molar-refractivity contribution in [1.82, 2.24) is 9.55 Å². The summed E-state index contributed by atoms with van der Waals surface area (Å²) in [5, 5.41) is 4.41. The molecule has 0 radical (unpaired) electrons. The second-order valence-electron chi connectivity index (χ2n) is 4.19. The SMILES string of the molecule is O=c1c2ccc(Cl)cc2nc2n1CCCCN2. The average Bonchev–Trinajstić information content (AvgIpc) is 2.54. The summed E-state index contributed by atoms with van der Waals surface area (Å²) >= 11 is 5.92. The Balaban J connectivity index is 2.33. The van der Waals surface area contributed by atoms with Crippen LogP contribution < -0.4 is 10.9 Å². The zero-order valence-electron chi connectivity index (χ0n) is 9.24. The van der Waals surface area contributed by atoms with E-state index in [4.69, 9.17) is 11.6 Å². The largest absolute Gasteiger partial charge is 0.356 e. The summed E-state index contributed by atoms with van der Waals surface area (Å²) in [7, 11) is 0. The molecule has 1 aliphatic heterocycles. The van der Waals surface area contributed by atoms with Gasteiger partial charge in [-0.1, -0.05) is 11.6 Å². The molecule has 0 amide bonds. The molecule has 1 aromatic carbocycles. The van der Waals surface area contributed by atoms with Gasteiger partial charge in [0.05, 0.1) is 10.9 Å². The van der Waals surface area contributed by atoms with Crippen molar-refractivity contribution in [3.8, 4) is 0 Å². The number of anilines is 1. The van der Waals surface area contributed by atoms with E-state index in [2.05, 4.69) is 10.3 Å². The lowest BCUT2D eigenvalue weighted by Gasteiger charge is -2.10. The highest BCUT2D eigenvalue weighted by Crippen LogP contribution is 2.18. The lowest BCUT2D eigenvalue weighted by molar-refractivity contribution is 0.636. The molecule has 0 unspecified atom stereocenters. The molecule has 0 spiro atoms. The van der Waals surface area contributed by atoms with Crippen LogP contribution in [-0.2, 0) is 6.54 Å². The molecule has 2 aromatic rings. The smallest absolute Gasteiger partial charge is 0.262 e. The highest BCUT2D eigenvalue weighted by atomic mass is 35.5. The van der Waals surface area contributed by atoms with Crippen LogP contribution in [0.25, 0.3) is 10.9 Å². The van der Waals surface area contributed by atoms with E-state index in [1.54, 1.807) is 22.8 Å². The summed E-state index contributed by atoms with van der Waals surface area (Å²) in [6.45, 7) is 1.59. The van der Waals surface area contributed by atoms with E-state index in [-0.39, 0.29) is 5.56 Å². The van der Waals surface area contributed by atoms with Crippen LogP contribution in [0.3, 0.4) is 0 Å². The lowest BCUT2D eigenvalue weighted by Crippen LogP contribution is -2.23. The molecule has 5 heteroatoms. The van der Waals surface area contributed by atoms with Gasteiger partial charge in [-0.15, -0.1) is 0 Å². The molecule has 1 aromatic heterocycles. The Bertz CT molecular complexity index is 635. The van der Waals surface area contributed by atoms with Gasteiger partial charge in [-0.25, -0.2) is 4.98 Å². The summed E-state index contributed by atoms with van der Waals surface area (Å²) in [5.74, 6) is 0.655. The molecular weight excluding hydrogens is 238 g/mol. The van der Waals surface area contributed by atoms with Crippen molar-refractivity contribution in [2.75, 3.05) is 11.9 Å². The fraction of sp³-hybridized carbons (Fsp3) is 0.333. The fourth-order valence-corrected chi connectivity index (χ4v) is 2.30. The van der Waals surface area contributed by atoms with E-state index in [1.165, 1.54) is 0 Å². The van der Waals surface area contributed by atoms with Crippen molar-refractivity contribution in [3.05, 3.63) is 33.6 Å². The zero-order valence-corrected chi connectivity index (χ0v) is 10.00. The number of nitrogens with zero attached hydrogens (tertiary/aromatic N) is 2. The first-order chi connectivity index (χ1) is 8.25. The van der Waals surface area contributed by atoms with Gasteiger partial charge in [-0.3, -0.25) is 9.36 Å². The molecule has 0 saturated carbocycles. The topological polar surface area (TPSA) is 46.9 Å². The molecule has 2 heterocycles. The minimum Gasteiger partial charge on any atom is -0.356 e. The third-order valence-corrected chi connectivity index (χ3v) is 3.24. The maximum absolute atomic E-state index is 12.3. The number of fused-ring (bicyclic) bond motifs is 2. The summed E-state index contributed by atoms with van der Waals surface area (Å²) in [5.41, 5.74) is 0.666. The Morgan fingerprint density at radius 1 is 1.35 bits per heavy atom. The first-order valence-corrected chi connectivity index (χ1v) is 6.07. The van der Waals surface area contributed by atoms with Gasteiger partial charge in [-0.2, -0.15) is 0 Å². The Hall–Kier alpha value is -1.55. The Labute approximate surface area is 103 Å². The van der Waals surface area contributed by atoms with Gasteiger partial charge in [0.2, 0.25) is 5.95 Å². The van der Waals surface area contributed by atoms with Crippen LogP contribution in [0.1, 0.15) is 12.8 Å². The maximum Gasteiger partial charge on any atom is 0.262 e. The van der Waals surface area contributed by atoms with Gasteiger partial charge in [0.25, 0.3) is 5.56 Å². The summed E-state index contributed by atoms with van der Waals surface area (Å²) < 4.78 is 1.71. The minimum atomic E-state index is 0.0102. The molecule has 1 aliphatic rings. The van der Waals surface area contributed by atoms with Crippen LogP contribution in [0.15, 0.2) is 23.0 Å². The number of rotatable bonds is 0. The Kier molecular flexibility index (Phi) is 2.52. The Morgan fingerprint density at radius 2 is 2.24 bits per heavy atom. The molecule has 3 rings (SSSR count). The molecule has 0 atom stereocenters.